The topological polar surface area (TPSA) is 55.7 Å². The molecule has 0 aliphatic rings. The minimum Gasteiger partial charge on any atom is -0.481 e. The summed E-state index contributed by atoms with van der Waals surface area (Å²) in [5, 5.41) is 3.12. The Morgan fingerprint density at radius 1 is 1.56 bits per heavy atom. The maximum atomic E-state index is 5.11. The smallest absolute Gasteiger partial charge is 0.216 e. The molecule has 2 heterocycles. The van der Waals surface area contributed by atoms with E-state index in [-0.39, 0.29) is 0 Å². The van der Waals surface area contributed by atoms with Crippen molar-refractivity contribution in [1.29, 1.82) is 0 Å². The number of aromatic nitrogens is 4. The number of rotatable bonds is 3. The first-order chi connectivity index (χ1) is 7.74. The van der Waals surface area contributed by atoms with E-state index in [4.69, 9.17) is 17.0 Å². The summed E-state index contributed by atoms with van der Waals surface area (Å²) in [6.45, 7) is 2.78. The quantitative estimate of drug-likeness (QED) is 0.828. The lowest BCUT2D eigenvalue weighted by Crippen LogP contribution is -1.96. The second-order valence-electron chi connectivity index (χ2n) is 3.19. The van der Waals surface area contributed by atoms with Gasteiger partial charge in [0.05, 0.1) is 7.11 Å². The molecule has 0 bridgehead atoms. The molecule has 6 heteroatoms. The molecule has 2 aromatic heterocycles. The Hall–Kier alpha value is -1.69. The number of hydrogen-bond donors (Lipinski definition) is 1. The van der Waals surface area contributed by atoms with Gasteiger partial charge in [0.1, 0.15) is 0 Å². The molecule has 0 aromatic carbocycles. The van der Waals surface area contributed by atoms with Gasteiger partial charge < -0.3 is 4.74 Å². The number of H-pyrrole nitrogens is 1. The minimum atomic E-state index is 0.549. The molecule has 0 aliphatic carbocycles. The Morgan fingerprint density at radius 2 is 2.38 bits per heavy atom. The third-order valence-corrected chi connectivity index (χ3v) is 2.52. The summed E-state index contributed by atoms with van der Waals surface area (Å²) in [5.41, 5.74) is 0.908. The summed E-state index contributed by atoms with van der Waals surface area (Å²) in [6.07, 6.45) is 1.68. The lowest BCUT2D eigenvalue weighted by Gasteiger charge is -2.00. The molecule has 0 saturated carbocycles. The number of hydrogen-bond acceptors (Lipinski definition) is 4. The largest absolute Gasteiger partial charge is 0.481 e. The maximum Gasteiger partial charge on any atom is 0.216 e. The summed E-state index contributed by atoms with van der Waals surface area (Å²) in [4.78, 5) is 8.30. The van der Waals surface area contributed by atoms with Crippen molar-refractivity contribution < 1.29 is 4.74 Å². The number of methoxy groups -OCH3 is 1. The second-order valence-corrected chi connectivity index (χ2v) is 3.55. The van der Waals surface area contributed by atoms with E-state index in [2.05, 4.69) is 15.1 Å². The van der Waals surface area contributed by atoms with Gasteiger partial charge in [0.25, 0.3) is 0 Å². The van der Waals surface area contributed by atoms with Crippen molar-refractivity contribution in [3.63, 3.8) is 0 Å². The zero-order chi connectivity index (χ0) is 11.5. The van der Waals surface area contributed by atoms with Crippen LogP contribution in [0.4, 0.5) is 0 Å². The van der Waals surface area contributed by atoms with E-state index in [9.17, 15) is 0 Å². The predicted molar refractivity (Wildman–Crippen MR) is 62.9 cm³/mol. The first-order valence-electron chi connectivity index (χ1n) is 4.92. The van der Waals surface area contributed by atoms with Crippen LogP contribution in [0, 0.1) is 4.77 Å². The van der Waals surface area contributed by atoms with Gasteiger partial charge in [-0.3, -0.25) is 9.78 Å². The van der Waals surface area contributed by atoms with Crippen LogP contribution in [0.25, 0.3) is 11.4 Å². The summed E-state index contributed by atoms with van der Waals surface area (Å²) in [7, 11) is 1.58. The Morgan fingerprint density at radius 3 is 3.00 bits per heavy atom. The van der Waals surface area contributed by atoms with Gasteiger partial charge in [0, 0.05) is 24.4 Å². The van der Waals surface area contributed by atoms with Crippen molar-refractivity contribution in [2.45, 2.75) is 13.5 Å². The van der Waals surface area contributed by atoms with Crippen molar-refractivity contribution >= 4 is 12.2 Å². The van der Waals surface area contributed by atoms with Crippen molar-refractivity contribution in [2.75, 3.05) is 7.11 Å². The van der Waals surface area contributed by atoms with Gasteiger partial charge in [-0.2, -0.15) is 4.98 Å². The van der Waals surface area contributed by atoms with Gasteiger partial charge in [0.15, 0.2) is 5.82 Å². The van der Waals surface area contributed by atoms with Gasteiger partial charge in [-0.1, -0.05) is 0 Å². The highest BCUT2D eigenvalue weighted by Crippen LogP contribution is 2.18. The molecule has 0 fully saturated rings. The van der Waals surface area contributed by atoms with Gasteiger partial charge >= 0.3 is 0 Å². The second kappa shape index (κ2) is 4.44. The fourth-order valence-corrected chi connectivity index (χ4v) is 1.63. The predicted octanol–water partition coefficient (Wildman–Crippen LogP) is 2.03. The molecule has 0 atom stereocenters. The number of pyridine rings is 1. The first kappa shape index (κ1) is 10.8. The van der Waals surface area contributed by atoms with E-state index in [1.165, 1.54) is 0 Å². The summed E-state index contributed by atoms with van der Waals surface area (Å²) in [6, 6.07) is 3.67. The van der Waals surface area contributed by atoms with Crippen LogP contribution in [0.15, 0.2) is 18.3 Å². The van der Waals surface area contributed by atoms with Crippen LogP contribution in [0.1, 0.15) is 6.92 Å². The normalized spacial score (nSPS) is 10.4. The lowest BCUT2D eigenvalue weighted by molar-refractivity contribution is 0.398. The molecule has 1 N–H and O–H groups in total. The first-order valence-corrected chi connectivity index (χ1v) is 5.32. The van der Waals surface area contributed by atoms with Crippen LogP contribution < -0.4 is 4.74 Å². The number of aromatic amines is 1. The molecule has 0 aliphatic heterocycles. The molecule has 2 rings (SSSR count). The van der Waals surface area contributed by atoms with Crippen LogP contribution >= 0.6 is 12.2 Å². The highest BCUT2D eigenvalue weighted by molar-refractivity contribution is 7.71. The van der Waals surface area contributed by atoms with Crippen LogP contribution in [-0.4, -0.2) is 26.9 Å². The van der Waals surface area contributed by atoms with Crippen LogP contribution in [-0.2, 0) is 6.54 Å². The van der Waals surface area contributed by atoms with Crippen molar-refractivity contribution in [1.82, 2.24) is 19.7 Å². The fourth-order valence-electron chi connectivity index (χ4n) is 1.37. The van der Waals surface area contributed by atoms with E-state index in [0.29, 0.717) is 10.7 Å². The van der Waals surface area contributed by atoms with E-state index in [1.54, 1.807) is 18.0 Å². The summed E-state index contributed by atoms with van der Waals surface area (Å²) >= 11 is 5.11. The number of aryl methyl sites for hydroxylation is 1. The molecular weight excluding hydrogens is 224 g/mol. The summed E-state index contributed by atoms with van der Waals surface area (Å²) in [5.74, 6) is 1.29. The molecule has 2 aromatic rings. The number of nitrogens with one attached hydrogen (secondary N) is 1. The Labute approximate surface area is 98.1 Å². The summed E-state index contributed by atoms with van der Waals surface area (Å²) < 4.78 is 7.41. The van der Waals surface area contributed by atoms with E-state index in [0.717, 1.165) is 17.9 Å². The molecule has 0 unspecified atom stereocenters. The Kier molecular flexibility index (Phi) is 3.00. The van der Waals surface area contributed by atoms with Crippen molar-refractivity contribution in [3.05, 3.63) is 23.1 Å². The standard InChI is InChI=1S/C10H12N4OS/c1-3-14-10(16)12-9(13-14)7-4-5-11-8(6-7)15-2/h4-6H,3H2,1-2H3,(H,12,13,16). The minimum absolute atomic E-state index is 0.549. The molecule has 0 saturated heterocycles. The van der Waals surface area contributed by atoms with Gasteiger partial charge in [-0.15, -0.1) is 0 Å². The molecule has 16 heavy (non-hydrogen) atoms. The van der Waals surface area contributed by atoms with Gasteiger partial charge in [-0.05, 0) is 25.2 Å². The van der Waals surface area contributed by atoms with Crippen LogP contribution in [0.2, 0.25) is 0 Å². The average molecular weight is 236 g/mol. The molecule has 0 spiro atoms. The molecule has 0 radical (unpaired) electrons. The maximum absolute atomic E-state index is 5.11. The molecule has 5 nitrogen and oxygen atoms in total. The lowest BCUT2D eigenvalue weighted by atomic mass is 10.2. The SMILES string of the molecule is CCn1[nH]c(-c2ccnc(OC)c2)nc1=S. The van der Waals surface area contributed by atoms with Crippen LogP contribution in [0.3, 0.4) is 0 Å². The fraction of sp³-hybridized carbons (Fsp3) is 0.300. The van der Waals surface area contributed by atoms with E-state index < -0.39 is 0 Å². The highest BCUT2D eigenvalue weighted by Gasteiger charge is 2.05. The van der Waals surface area contributed by atoms with Crippen molar-refractivity contribution in [3.8, 4) is 17.3 Å². The van der Waals surface area contributed by atoms with E-state index in [1.807, 2.05) is 19.1 Å². The molecule has 0 amide bonds. The average Bonchev–Trinajstić information content (AvgIpc) is 2.71. The molecule has 84 valence electrons. The molecular formula is C10H12N4OS. The zero-order valence-electron chi connectivity index (χ0n) is 9.10. The van der Waals surface area contributed by atoms with E-state index >= 15 is 0 Å². The van der Waals surface area contributed by atoms with Crippen molar-refractivity contribution in [2.24, 2.45) is 0 Å². The van der Waals surface area contributed by atoms with Gasteiger partial charge in [-0.25, -0.2) is 4.98 Å². The number of nitrogens with zero attached hydrogens (tertiary/aromatic N) is 3. The monoisotopic (exact) mass is 236 g/mol. The number of ether oxygens (including phenoxy) is 1. The highest BCUT2D eigenvalue weighted by atomic mass is 32.1. The van der Waals surface area contributed by atoms with Gasteiger partial charge in [0.2, 0.25) is 10.7 Å². The van der Waals surface area contributed by atoms with Crippen LogP contribution in [0.5, 0.6) is 5.88 Å². The zero-order valence-corrected chi connectivity index (χ0v) is 9.91. The Balaban J connectivity index is 2.45. The third kappa shape index (κ3) is 1.96. The Bertz CT molecular complexity index is 546. The third-order valence-electron chi connectivity index (χ3n) is 2.21.